The molecule has 6 nitrogen and oxygen atoms in total. The highest BCUT2D eigenvalue weighted by molar-refractivity contribution is 7.90. The first-order chi connectivity index (χ1) is 8.43. The van der Waals surface area contributed by atoms with E-state index in [1.807, 2.05) is 0 Å². The minimum atomic E-state index is -3.40. The lowest BCUT2D eigenvalue weighted by Crippen LogP contribution is -2.13. The Kier molecular flexibility index (Phi) is 4.94. The number of methoxy groups -OCH3 is 2. The second kappa shape index (κ2) is 6.03. The maximum Gasteiger partial charge on any atom is 0.179 e. The van der Waals surface area contributed by atoms with Crippen LogP contribution >= 0.6 is 0 Å². The molecular formula is C11H17NO5S. The molecule has 0 amide bonds. The number of nitrogens with one attached hydrogen (secondary N) is 1. The summed E-state index contributed by atoms with van der Waals surface area (Å²) in [5.41, 5.74) is 3.28. The Hall–Kier alpha value is -1.31. The first-order valence-corrected chi connectivity index (χ1v) is 7.04. The molecule has 0 heterocycles. The summed E-state index contributed by atoms with van der Waals surface area (Å²) in [6, 6.07) is 3.13. The molecular weight excluding hydrogens is 258 g/mol. The van der Waals surface area contributed by atoms with Crippen LogP contribution in [0.4, 0.5) is 0 Å². The normalized spacial score (nSPS) is 11.3. The van der Waals surface area contributed by atoms with E-state index in [9.17, 15) is 8.42 Å². The van der Waals surface area contributed by atoms with Gasteiger partial charge in [-0.15, -0.1) is 0 Å². The van der Waals surface area contributed by atoms with Gasteiger partial charge in [-0.2, -0.15) is 5.48 Å². The van der Waals surface area contributed by atoms with Gasteiger partial charge in [0.15, 0.2) is 9.84 Å². The van der Waals surface area contributed by atoms with Crippen LogP contribution in [-0.4, -0.2) is 36.0 Å². The summed E-state index contributed by atoms with van der Waals surface area (Å²) in [5, 5.41) is 0. The van der Waals surface area contributed by atoms with E-state index in [4.69, 9.17) is 14.3 Å². The zero-order valence-electron chi connectivity index (χ0n) is 10.8. The van der Waals surface area contributed by atoms with Crippen molar-refractivity contribution < 1.29 is 22.7 Å². The summed E-state index contributed by atoms with van der Waals surface area (Å²) >= 11 is 0. The van der Waals surface area contributed by atoms with Crippen molar-refractivity contribution in [3.8, 4) is 11.5 Å². The van der Waals surface area contributed by atoms with Gasteiger partial charge in [-0.1, -0.05) is 0 Å². The monoisotopic (exact) mass is 275 g/mol. The second-order valence-corrected chi connectivity index (χ2v) is 5.60. The average Bonchev–Trinajstić information content (AvgIpc) is 2.33. The van der Waals surface area contributed by atoms with Gasteiger partial charge >= 0.3 is 0 Å². The Labute approximate surface area is 107 Å². The molecule has 18 heavy (non-hydrogen) atoms. The van der Waals surface area contributed by atoms with Crippen LogP contribution in [0.1, 0.15) is 5.56 Å². The van der Waals surface area contributed by atoms with Crippen LogP contribution in [0.5, 0.6) is 11.5 Å². The fourth-order valence-corrected chi connectivity index (χ4v) is 2.42. The highest BCUT2D eigenvalue weighted by Crippen LogP contribution is 2.32. The van der Waals surface area contributed by atoms with Crippen LogP contribution in [-0.2, 0) is 21.2 Å². The van der Waals surface area contributed by atoms with Crippen molar-refractivity contribution in [3.05, 3.63) is 17.7 Å². The minimum Gasteiger partial charge on any atom is -0.497 e. The highest BCUT2D eigenvalue weighted by Gasteiger charge is 2.19. The van der Waals surface area contributed by atoms with E-state index >= 15 is 0 Å². The third kappa shape index (κ3) is 3.34. The molecule has 7 heteroatoms. The fraction of sp³-hybridized carbons (Fsp3) is 0.455. The standard InChI is InChI=1S/C11H17NO5S/c1-15-9-5-8(7-12-17-3)11(16-2)10(6-9)18(4,13)14/h5-6,12H,7H2,1-4H3. The van der Waals surface area contributed by atoms with Crippen LogP contribution in [0.2, 0.25) is 0 Å². The second-order valence-electron chi connectivity index (χ2n) is 3.62. The lowest BCUT2D eigenvalue weighted by molar-refractivity contribution is 0.0860. The SMILES string of the molecule is CONCc1cc(OC)cc(S(C)(=O)=O)c1OC. The molecule has 0 aliphatic rings. The largest absolute Gasteiger partial charge is 0.497 e. The summed E-state index contributed by atoms with van der Waals surface area (Å²) in [6.07, 6.45) is 1.12. The van der Waals surface area contributed by atoms with Crippen molar-refractivity contribution in [2.75, 3.05) is 27.6 Å². The summed E-state index contributed by atoms with van der Waals surface area (Å²) in [4.78, 5) is 4.84. The Morgan fingerprint density at radius 2 is 1.83 bits per heavy atom. The van der Waals surface area contributed by atoms with Gasteiger partial charge in [-0.05, 0) is 6.07 Å². The van der Waals surface area contributed by atoms with Gasteiger partial charge < -0.3 is 14.3 Å². The molecule has 0 fully saturated rings. The molecule has 1 rings (SSSR count). The lowest BCUT2D eigenvalue weighted by atomic mass is 10.2. The van der Waals surface area contributed by atoms with Gasteiger partial charge in [0.2, 0.25) is 0 Å². The van der Waals surface area contributed by atoms with E-state index in [2.05, 4.69) is 5.48 Å². The Balaban J connectivity index is 3.40. The smallest absolute Gasteiger partial charge is 0.179 e. The van der Waals surface area contributed by atoms with E-state index < -0.39 is 9.84 Å². The van der Waals surface area contributed by atoms with E-state index in [-0.39, 0.29) is 4.90 Å². The number of hydroxylamine groups is 1. The molecule has 102 valence electrons. The molecule has 0 aliphatic carbocycles. The van der Waals surface area contributed by atoms with E-state index in [1.165, 1.54) is 27.4 Å². The molecule has 0 unspecified atom stereocenters. The summed E-state index contributed by atoms with van der Waals surface area (Å²) in [5.74, 6) is 0.743. The van der Waals surface area contributed by atoms with E-state index in [0.717, 1.165) is 6.26 Å². The van der Waals surface area contributed by atoms with Crippen LogP contribution in [0.3, 0.4) is 0 Å². The Bertz CT molecular complexity index is 512. The summed E-state index contributed by atoms with van der Waals surface area (Å²) < 4.78 is 33.7. The molecule has 0 saturated heterocycles. The maximum absolute atomic E-state index is 11.7. The predicted molar refractivity (Wildman–Crippen MR) is 66.5 cm³/mol. The molecule has 0 atom stereocenters. The molecule has 0 aliphatic heterocycles. The predicted octanol–water partition coefficient (Wildman–Crippen LogP) is 0.758. The maximum atomic E-state index is 11.7. The molecule has 0 bridgehead atoms. The quantitative estimate of drug-likeness (QED) is 0.773. The molecule has 1 aromatic rings. The first kappa shape index (κ1) is 14.7. The Morgan fingerprint density at radius 1 is 1.17 bits per heavy atom. The van der Waals surface area contributed by atoms with Gasteiger partial charge in [0.1, 0.15) is 16.4 Å². The molecule has 0 spiro atoms. The van der Waals surface area contributed by atoms with Crippen LogP contribution in [0.25, 0.3) is 0 Å². The van der Waals surface area contributed by atoms with Crippen molar-refractivity contribution in [1.29, 1.82) is 0 Å². The van der Waals surface area contributed by atoms with E-state index in [0.29, 0.717) is 23.6 Å². The Morgan fingerprint density at radius 3 is 2.28 bits per heavy atom. The molecule has 0 aromatic heterocycles. The van der Waals surface area contributed by atoms with Gasteiger partial charge in [0.25, 0.3) is 0 Å². The van der Waals surface area contributed by atoms with Crippen LogP contribution < -0.4 is 15.0 Å². The summed E-state index contributed by atoms with van der Waals surface area (Å²) in [6.45, 7) is 0.305. The van der Waals surface area contributed by atoms with Gasteiger partial charge in [0, 0.05) is 24.4 Å². The molecule has 1 N–H and O–H groups in total. The number of rotatable bonds is 6. The topological polar surface area (TPSA) is 73.9 Å². The number of hydrogen-bond donors (Lipinski definition) is 1. The third-order valence-corrected chi connectivity index (χ3v) is 3.45. The minimum absolute atomic E-state index is 0.0947. The number of hydrogen-bond acceptors (Lipinski definition) is 6. The molecule has 0 saturated carbocycles. The highest BCUT2D eigenvalue weighted by atomic mass is 32.2. The lowest BCUT2D eigenvalue weighted by Gasteiger charge is -2.14. The van der Waals surface area contributed by atoms with Crippen molar-refractivity contribution in [1.82, 2.24) is 5.48 Å². The number of sulfone groups is 1. The third-order valence-electron chi connectivity index (χ3n) is 2.35. The van der Waals surface area contributed by atoms with Crippen molar-refractivity contribution in [3.63, 3.8) is 0 Å². The summed E-state index contributed by atoms with van der Waals surface area (Å²) in [7, 11) is 0.974. The van der Waals surface area contributed by atoms with Crippen molar-refractivity contribution >= 4 is 9.84 Å². The fourth-order valence-electron chi connectivity index (χ4n) is 1.54. The number of ether oxygens (including phenoxy) is 2. The van der Waals surface area contributed by atoms with Crippen molar-refractivity contribution in [2.24, 2.45) is 0 Å². The van der Waals surface area contributed by atoms with E-state index in [1.54, 1.807) is 6.07 Å². The van der Waals surface area contributed by atoms with Crippen LogP contribution in [0.15, 0.2) is 17.0 Å². The average molecular weight is 275 g/mol. The van der Waals surface area contributed by atoms with Crippen LogP contribution in [0, 0.1) is 0 Å². The zero-order chi connectivity index (χ0) is 13.8. The number of benzene rings is 1. The zero-order valence-corrected chi connectivity index (χ0v) is 11.6. The molecule has 0 radical (unpaired) electrons. The van der Waals surface area contributed by atoms with Gasteiger partial charge in [-0.25, -0.2) is 8.42 Å². The van der Waals surface area contributed by atoms with Gasteiger partial charge in [0.05, 0.1) is 21.3 Å². The molecule has 1 aromatic carbocycles. The van der Waals surface area contributed by atoms with Crippen molar-refractivity contribution in [2.45, 2.75) is 11.4 Å². The van der Waals surface area contributed by atoms with Gasteiger partial charge in [-0.3, -0.25) is 0 Å². The first-order valence-electron chi connectivity index (χ1n) is 5.14.